The Bertz CT molecular complexity index is 1520. The van der Waals surface area contributed by atoms with E-state index in [1.807, 2.05) is 17.0 Å². The first kappa shape index (κ1) is 21.5. The van der Waals surface area contributed by atoms with Gasteiger partial charge in [0, 0.05) is 44.5 Å². The van der Waals surface area contributed by atoms with E-state index in [1.54, 1.807) is 41.9 Å². The van der Waals surface area contributed by atoms with E-state index < -0.39 is 11.2 Å². The van der Waals surface area contributed by atoms with E-state index in [1.165, 1.54) is 10.6 Å². The molecule has 1 N–H and O–H groups in total. The maximum Gasteiger partial charge on any atom is 0.329 e. The standard InChI is InChI=1S/C24H22FN7O2/c1-29-21-20(22(33)28-24(29)34)32(15-17-4-2-3-5-19(17)25)23(27-21)31-12-10-30(11-13-31)18-8-6-16(14-26)7-9-18/h2-9H,10-13,15H2,1H3,(H,28,33,34). The topological polar surface area (TPSA) is 103 Å². The highest BCUT2D eigenvalue weighted by Crippen LogP contribution is 2.25. The van der Waals surface area contributed by atoms with Crippen molar-refractivity contribution in [1.29, 1.82) is 5.26 Å². The minimum absolute atomic E-state index is 0.107. The van der Waals surface area contributed by atoms with Crippen LogP contribution < -0.4 is 21.0 Å². The van der Waals surface area contributed by atoms with Crippen LogP contribution in [0.3, 0.4) is 0 Å². The molecule has 1 saturated heterocycles. The summed E-state index contributed by atoms with van der Waals surface area (Å²) in [5, 5.41) is 9.02. The number of rotatable bonds is 4. The molecule has 4 aromatic rings. The zero-order valence-corrected chi connectivity index (χ0v) is 18.5. The zero-order valence-electron chi connectivity index (χ0n) is 18.5. The molecule has 34 heavy (non-hydrogen) atoms. The van der Waals surface area contributed by atoms with Crippen LogP contribution in [0.25, 0.3) is 11.2 Å². The summed E-state index contributed by atoms with van der Waals surface area (Å²) in [5.74, 6) is 0.145. The van der Waals surface area contributed by atoms with Crippen molar-refractivity contribution in [3.8, 4) is 6.07 Å². The van der Waals surface area contributed by atoms with Gasteiger partial charge in [0.1, 0.15) is 5.82 Å². The Kier molecular flexibility index (Phi) is 5.37. The van der Waals surface area contributed by atoms with E-state index in [-0.39, 0.29) is 23.5 Å². The smallest absolute Gasteiger partial charge is 0.329 e. The number of piperazine rings is 1. The monoisotopic (exact) mass is 459 g/mol. The molecule has 1 fully saturated rings. The molecule has 0 aliphatic carbocycles. The van der Waals surface area contributed by atoms with Crippen LogP contribution in [0, 0.1) is 17.1 Å². The van der Waals surface area contributed by atoms with Crippen molar-refractivity contribution < 1.29 is 4.39 Å². The van der Waals surface area contributed by atoms with Gasteiger partial charge >= 0.3 is 5.69 Å². The predicted molar refractivity (Wildman–Crippen MR) is 127 cm³/mol. The Morgan fingerprint density at radius 1 is 1.03 bits per heavy atom. The highest BCUT2D eigenvalue weighted by Gasteiger charge is 2.25. The number of aryl methyl sites for hydroxylation is 1. The Morgan fingerprint density at radius 3 is 2.38 bits per heavy atom. The quantitative estimate of drug-likeness (QED) is 0.499. The highest BCUT2D eigenvalue weighted by atomic mass is 19.1. The van der Waals surface area contributed by atoms with Gasteiger partial charge in [-0.15, -0.1) is 0 Å². The molecule has 0 radical (unpaired) electrons. The van der Waals surface area contributed by atoms with E-state index in [0.29, 0.717) is 43.3 Å². The van der Waals surface area contributed by atoms with Crippen LogP contribution in [-0.2, 0) is 13.6 Å². The number of imidazole rings is 1. The van der Waals surface area contributed by atoms with Gasteiger partial charge in [0.15, 0.2) is 11.2 Å². The van der Waals surface area contributed by atoms with Crippen LogP contribution in [0.2, 0.25) is 0 Å². The number of hydrogen-bond donors (Lipinski definition) is 1. The molecule has 1 aliphatic heterocycles. The normalized spacial score (nSPS) is 13.9. The van der Waals surface area contributed by atoms with Gasteiger partial charge in [0.2, 0.25) is 5.95 Å². The summed E-state index contributed by atoms with van der Waals surface area (Å²) < 4.78 is 17.5. The number of hydrogen-bond acceptors (Lipinski definition) is 6. The first-order chi connectivity index (χ1) is 16.5. The van der Waals surface area contributed by atoms with Crippen LogP contribution >= 0.6 is 0 Å². The molecule has 9 nitrogen and oxygen atoms in total. The third-order valence-electron chi connectivity index (χ3n) is 6.20. The molecule has 2 aromatic carbocycles. The van der Waals surface area contributed by atoms with Gasteiger partial charge in [-0.25, -0.2) is 9.18 Å². The zero-order chi connectivity index (χ0) is 23.8. The van der Waals surface area contributed by atoms with Crippen molar-refractivity contribution in [1.82, 2.24) is 19.1 Å². The summed E-state index contributed by atoms with van der Waals surface area (Å²) in [5.41, 5.74) is 1.45. The second-order valence-corrected chi connectivity index (χ2v) is 8.21. The molecule has 0 bridgehead atoms. The van der Waals surface area contributed by atoms with Crippen LogP contribution in [0.1, 0.15) is 11.1 Å². The average Bonchev–Trinajstić information content (AvgIpc) is 3.24. The number of H-pyrrole nitrogens is 1. The van der Waals surface area contributed by atoms with E-state index in [2.05, 4.69) is 20.9 Å². The molecule has 2 aromatic heterocycles. The van der Waals surface area contributed by atoms with Crippen LogP contribution in [-0.4, -0.2) is 45.3 Å². The number of aromatic amines is 1. The molecule has 0 amide bonds. The van der Waals surface area contributed by atoms with Gasteiger partial charge in [0.05, 0.1) is 18.2 Å². The van der Waals surface area contributed by atoms with Gasteiger partial charge in [0.25, 0.3) is 5.56 Å². The molecule has 3 heterocycles. The SMILES string of the molecule is Cn1c(=O)[nH]c(=O)c2c1nc(N1CCN(c3ccc(C#N)cc3)CC1)n2Cc1ccccc1F. The lowest BCUT2D eigenvalue weighted by Crippen LogP contribution is -2.47. The molecule has 5 rings (SSSR count). The van der Waals surface area contributed by atoms with Crippen LogP contribution in [0.4, 0.5) is 16.0 Å². The Hall–Kier alpha value is -4.39. The molecule has 0 spiro atoms. The summed E-state index contributed by atoms with van der Waals surface area (Å²) in [7, 11) is 1.55. The number of halogens is 1. The number of nitriles is 1. The summed E-state index contributed by atoms with van der Waals surface area (Å²) in [6.45, 7) is 2.74. The maximum absolute atomic E-state index is 14.5. The molecule has 10 heteroatoms. The summed E-state index contributed by atoms with van der Waals surface area (Å²) in [6, 6.07) is 16.0. The Labute approximate surface area is 193 Å². The van der Waals surface area contributed by atoms with Crippen molar-refractivity contribution in [2.45, 2.75) is 6.54 Å². The van der Waals surface area contributed by atoms with Crippen LogP contribution in [0.15, 0.2) is 58.1 Å². The predicted octanol–water partition coefficient (Wildman–Crippen LogP) is 1.81. The van der Waals surface area contributed by atoms with E-state index >= 15 is 0 Å². The van der Waals surface area contributed by atoms with Gasteiger partial charge < -0.3 is 9.80 Å². The molecule has 0 atom stereocenters. The maximum atomic E-state index is 14.5. The molecule has 0 saturated carbocycles. The Balaban J connectivity index is 1.51. The number of benzene rings is 2. The third kappa shape index (κ3) is 3.71. The number of anilines is 2. The molecular weight excluding hydrogens is 437 g/mol. The highest BCUT2D eigenvalue weighted by molar-refractivity contribution is 5.74. The lowest BCUT2D eigenvalue weighted by atomic mass is 10.2. The van der Waals surface area contributed by atoms with Crippen molar-refractivity contribution >= 4 is 22.8 Å². The fraction of sp³-hybridized carbons (Fsp3) is 0.250. The van der Waals surface area contributed by atoms with Gasteiger partial charge in [-0.3, -0.25) is 18.9 Å². The van der Waals surface area contributed by atoms with E-state index in [4.69, 9.17) is 5.26 Å². The van der Waals surface area contributed by atoms with E-state index in [0.717, 1.165) is 5.69 Å². The first-order valence-corrected chi connectivity index (χ1v) is 10.9. The van der Waals surface area contributed by atoms with Crippen molar-refractivity contribution in [2.24, 2.45) is 7.05 Å². The molecule has 0 unspecified atom stereocenters. The van der Waals surface area contributed by atoms with Crippen LogP contribution in [0.5, 0.6) is 0 Å². The minimum Gasteiger partial charge on any atom is -0.368 e. The second kappa shape index (κ2) is 8.51. The van der Waals surface area contributed by atoms with Gasteiger partial charge in [-0.05, 0) is 30.3 Å². The molecule has 172 valence electrons. The summed E-state index contributed by atoms with van der Waals surface area (Å²) in [6.07, 6.45) is 0. The number of nitrogens with one attached hydrogen (secondary N) is 1. The fourth-order valence-electron chi connectivity index (χ4n) is 4.32. The molecule has 1 aliphatic rings. The lowest BCUT2D eigenvalue weighted by Gasteiger charge is -2.36. The minimum atomic E-state index is -0.551. The van der Waals surface area contributed by atoms with Crippen molar-refractivity contribution in [2.75, 3.05) is 36.0 Å². The molecular formula is C24H22FN7O2. The fourth-order valence-corrected chi connectivity index (χ4v) is 4.32. The Morgan fingerprint density at radius 2 is 1.71 bits per heavy atom. The average molecular weight is 459 g/mol. The number of aromatic nitrogens is 4. The third-order valence-corrected chi connectivity index (χ3v) is 6.20. The van der Waals surface area contributed by atoms with E-state index in [9.17, 15) is 14.0 Å². The van der Waals surface area contributed by atoms with Crippen molar-refractivity contribution in [3.05, 3.63) is 86.3 Å². The number of nitrogens with zero attached hydrogens (tertiary/aromatic N) is 6. The summed E-state index contributed by atoms with van der Waals surface area (Å²) in [4.78, 5) is 36.2. The largest absolute Gasteiger partial charge is 0.368 e. The van der Waals surface area contributed by atoms with Crippen molar-refractivity contribution in [3.63, 3.8) is 0 Å². The second-order valence-electron chi connectivity index (χ2n) is 8.21. The lowest BCUT2D eigenvalue weighted by molar-refractivity contribution is 0.593. The summed E-state index contributed by atoms with van der Waals surface area (Å²) >= 11 is 0. The first-order valence-electron chi connectivity index (χ1n) is 10.9. The van der Waals surface area contributed by atoms with Gasteiger partial charge in [-0.2, -0.15) is 10.2 Å². The van der Waals surface area contributed by atoms with Gasteiger partial charge in [-0.1, -0.05) is 18.2 Å². The number of fused-ring (bicyclic) bond motifs is 1.